The lowest BCUT2D eigenvalue weighted by atomic mass is 10.1. The van der Waals surface area contributed by atoms with Crippen molar-refractivity contribution in [2.75, 3.05) is 19.7 Å². The Morgan fingerprint density at radius 2 is 2.69 bits per heavy atom. The summed E-state index contributed by atoms with van der Waals surface area (Å²) in [5.74, 6) is 0.707. The molecule has 0 aliphatic carbocycles. The van der Waals surface area contributed by atoms with Gasteiger partial charge < -0.3 is 10.1 Å². The molecule has 0 bridgehead atoms. The van der Waals surface area contributed by atoms with Crippen molar-refractivity contribution < 1.29 is 4.74 Å². The first kappa shape index (κ1) is 9.12. The summed E-state index contributed by atoms with van der Waals surface area (Å²) in [6.07, 6.45) is 1.25. The normalized spacial score (nSPS) is 22.3. The molecule has 0 unspecified atom stereocenters. The smallest absolute Gasteiger partial charge is 0.0896 e. The molecule has 3 nitrogen and oxygen atoms in total. The SMILES string of the molecule is c1nc(COC[C@@H]2CCNC2)cs1. The number of nitrogens with zero attached hydrogens (tertiary/aromatic N) is 1. The number of aromatic nitrogens is 1. The predicted molar refractivity (Wildman–Crippen MR) is 52.7 cm³/mol. The molecule has 0 amide bonds. The number of thiazole rings is 1. The zero-order chi connectivity index (χ0) is 8.93. The van der Waals surface area contributed by atoms with E-state index < -0.39 is 0 Å². The fourth-order valence-electron chi connectivity index (χ4n) is 1.50. The molecule has 1 aromatic rings. The highest BCUT2D eigenvalue weighted by atomic mass is 32.1. The maximum absolute atomic E-state index is 5.57. The summed E-state index contributed by atoms with van der Waals surface area (Å²) in [5, 5.41) is 5.36. The molecule has 1 saturated heterocycles. The monoisotopic (exact) mass is 198 g/mol. The lowest BCUT2D eigenvalue weighted by molar-refractivity contribution is 0.0906. The first-order valence-electron chi connectivity index (χ1n) is 4.60. The highest BCUT2D eigenvalue weighted by Gasteiger charge is 2.14. The molecule has 2 rings (SSSR count). The number of hydrogen-bond donors (Lipinski definition) is 1. The van der Waals surface area contributed by atoms with Gasteiger partial charge in [0.05, 0.1) is 24.4 Å². The lowest BCUT2D eigenvalue weighted by Gasteiger charge is -2.07. The third-order valence-electron chi connectivity index (χ3n) is 2.25. The van der Waals surface area contributed by atoms with Gasteiger partial charge in [0.25, 0.3) is 0 Å². The Morgan fingerprint density at radius 1 is 1.69 bits per heavy atom. The highest BCUT2D eigenvalue weighted by molar-refractivity contribution is 7.07. The van der Waals surface area contributed by atoms with Crippen LogP contribution in [0.3, 0.4) is 0 Å². The molecular weight excluding hydrogens is 184 g/mol. The summed E-state index contributed by atoms with van der Waals surface area (Å²) < 4.78 is 5.57. The number of hydrogen-bond acceptors (Lipinski definition) is 4. The molecule has 0 spiro atoms. The van der Waals surface area contributed by atoms with Crippen molar-refractivity contribution in [2.24, 2.45) is 5.92 Å². The summed E-state index contributed by atoms with van der Waals surface area (Å²) >= 11 is 1.62. The van der Waals surface area contributed by atoms with E-state index in [1.54, 1.807) is 11.3 Å². The molecular formula is C9H14N2OS. The van der Waals surface area contributed by atoms with Gasteiger partial charge in [-0.25, -0.2) is 4.98 Å². The van der Waals surface area contributed by atoms with Crippen LogP contribution in [0.1, 0.15) is 12.1 Å². The molecule has 0 aromatic carbocycles. The van der Waals surface area contributed by atoms with Crippen LogP contribution in [0, 0.1) is 5.92 Å². The second-order valence-corrected chi connectivity index (χ2v) is 4.07. The van der Waals surface area contributed by atoms with E-state index in [-0.39, 0.29) is 0 Å². The summed E-state index contributed by atoms with van der Waals surface area (Å²) in [5.41, 5.74) is 2.89. The Hall–Kier alpha value is -0.450. The molecule has 1 atom stereocenters. The summed E-state index contributed by atoms with van der Waals surface area (Å²) in [6.45, 7) is 3.78. The van der Waals surface area contributed by atoms with Crippen molar-refractivity contribution >= 4 is 11.3 Å². The maximum Gasteiger partial charge on any atom is 0.0896 e. The van der Waals surface area contributed by atoms with Crippen LogP contribution in [0.15, 0.2) is 10.9 Å². The Kier molecular flexibility index (Phi) is 3.29. The zero-order valence-corrected chi connectivity index (χ0v) is 8.35. The average molecular weight is 198 g/mol. The van der Waals surface area contributed by atoms with Crippen LogP contribution in [-0.2, 0) is 11.3 Å². The average Bonchev–Trinajstić information content (AvgIpc) is 2.75. The Bertz CT molecular complexity index is 232. The third-order valence-corrected chi connectivity index (χ3v) is 2.88. The zero-order valence-electron chi connectivity index (χ0n) is 7.53. The second kappa shape index (κ2) is 4.69. The van der Waals surface area contributed by atoms with E-state index in [2.05, 4.69) is 10.3 Å². The quantitative estimate of drug-likeness (QED) is 0.791. The van der Waals surface area contributed by atoms with Gasteiger partial charge in [-0.1, -0.05) is 0 Å². The summed E-state index contributed by atoms with van der Waals surface area (Å²) in [4.78, 5) is 4.16. The molecule has 0 radical (unpaired) electrons. The third kappa shape index (κ3) is 2.76. The van der Waals surface area contributed by atoms with Crippen molar-refractivity contribution in [3.05, 3.63) is 16.6 Å². The van der Waals surface area contributed by atoms with Crippen LogP contribution >= 0.6 is 11.3 Å². The van der Waals surface area contributed by atoms with Gasteiger partial charge in [0.2, 0.25) is 0 Å². The molecule has 2 heterocycles. The van der Waals surface area contributed by atoms with Crippen LogP contribution in [0.25, 0.3) is 0 Å². The van der Waals surface area contributed by atoms with Crippen molar-refractivity contribution in [1.29, 1.82) is 0 Å². The van der Waals surface area contributed by atoms with E-state index in [0.29, 0.717) is 12.5 Å². The second-order valence-electron chi connectivity index (χ2n) is 3.35. The molecule has 1 fully saturated rings. The fourth-order valence-corrected chi connectivity index (χ4v) is 2.04. The lowest BCUT2D eigenvalue weighted by Crippen LogP contribution is -2.13. The fraction of sp³-hybridized carbons (Fsp3) is 0.667. The Balaban J connectivity index is 1.63. The van der Waals surface area contributed by atoms with E-state index >= 15 is 0 Å². The maximum atomic E-state index is 5.57. The van der Waals surface area contributed by atoms with Crippen LogP contribution in [0.4, 0.5) is 0 Å². The number of nitrogens with one attached hydrogen (secondary N) is 1. The molecule has 72 valence electrons. The van der Waals surface area contributed by atoms with E-state index in [4.69, 9.17) is 4.74 Å². The minimum absolute atomic E-state index is 0.667. The van der Waals surface area contributed by atoms with Gasteiger partial charge in [0.15, 0.2) is 0 Å². The van der Waals surface area contributed by atoms with Gasteiger partial charge in [-0.05, 0) is 18.9 Å². The minimum Gasteiger partial charge on any atom is -0.375 e. The van der Waals surface area contributed by atoms with Crippen LogP contribution in [0.2, 0.25) is 0 Å². The van der Waals surface area contributed by atoms with Crippen molar-refractivity contribution in [3.63, 3.8) is 0 Å². The topological polar surface area (TPSA) is 34.1 Å². The van der Waals surface area contributed by atoms with E-state index in [1.165, 1.54) is 6.42 Å². The standard InChI is InChI=1S/C9H14N2OS/c1-2-10-3-8(1)4-12-5-9-6-13-7-11-9/h6-8,10H,1-5H2/t8-/m1/s1. The molecule has 13 heavy (non-hydrogen) atoms. The Morgan fingerprint density at radius 3 is 3.38 bits per heavy atom. The van der Waals surface area contributed by atoms with Crippen molar-refractivity contribution in [3.8, 4) is 0 Å². The minimum atomic E-state index is 0.667. The van der Waals surface area contributed by atoms with Gasteiger partial charge in [0.1, 0.15) is 0 Å². The molecule has 4 heteroatoms. The van der Waals surface area contributed by atoms with Gasteiger partial charge >= 0.3 is 0 Å². The summed E-state index contributed by atoms with van der Waals surface area (Å²) in [7, 11) is 0. The molecule has 1 N–H and O–H groups in total. The number of rotatable bonds is 4. The summed E-state index contributed by atoms with van der Waals surface area (Å²) in [6, 6.07) is 0. The van der Waals surface area contributed by atoms with Gasteiger partial charge in [-0.3, -0.25) is 0 Å². The van der Waals surface area contributed by atoms with Gasteiger partial charge in [0, 0.05) is 11.9 Å². The molecule has 0 saturated carbocycles. The molecule has 1 aliphatic rings. The van der Waals surface area contributed by atoms with Gasteiger partial charge in [-0.2, -0.15) is 0 Å². The highest BCUT2D eigenvalue weighted by Crippen LogP contribution is 2.09. The van der Waals surface area contributed by atoms with Crippen molar-refractivity contribution in [1.82, 2.24) is 10.3 Å². The van der Waals surface area contributed by atoms with E-state index in [1.807, 2.05) is 10.9 Å². The largest absolute Gasteiger partial charge is 0.375 e. The molecule has 1 aliphatic heterocycles. The predicted octanol–water partition coefficient (Wildman–Crippen LogP) is 1.27. The van der Waals surface area contributed by atoms with E-state index in [0.717, 1.165) is 25.4 Å². The molecule has 1 aromatic heterocycles. The van der Waals surface area contributed by atoms with E-state index in [9.17, 15) is 0 Å². The first-order valence-corrected chi connectivity index (χ1v) is 5.55. The Labute approximate surface area is 82.1 Å². The first-order chi connectivity index (χ1) is 6.45. The van der Waals surface area contributed by atoms with Crippen LogP contribution < -0.4 is 5.32 Å². The van der Waals surface area contributed by atoms with Crippen LogP contribution in [-0.4, -0.2) is 24.7 Å². The van der Waals surface area contributed by atoms with Crippen molar-refractivity contribution in [2.45, 2.75) is 13.0 Å². The van der Waals surface area contributed by atoms with Crippen LogP contribution in [0.5, 0.6) is 0 Å². The van der Waals surface area contributed by atoms with Gasteiger partial charge in [-0.15, -0.1) is 11.3 Å². The number of ether oxygens (including phenoxy) is 1.